The second-order valence-electron chi connectivity index (χ2n) is 7.05. The van der Waals surface area contributed by atoms with Crippen molar-refractivity contribution in [1.29, 1.82) is 0 Å². The molecule has 0 aliphatic carbocycles. The maximum Gasteiger partial charge on any atom is 0.226 e. The lowest BCUT2D eigenvalue weighted by atomic mass is 10.0. The van der Waals surface area contributed by atoms with Crippen molar-refractivity contribution in [1.82, 2.24) is 10.2 Å². The van der Waals surface area contributed by atoms with Gasteiger partial charge in [0.1, 0.15) is 11.6 Å². The number of piperidine rings is 1. The number of halogens is 1. The van der Waals surface area contributed by atoms with Crippen LogP contribution in [0.1, 0.15) is 24.0 Å². The van der Waals surface area contributed by atoms with Gasteiger partial charge in [-0.1, -0.05) is 24.3 Å². The largest absolute Gasteiger partial charge is 0.497 e. The fourth-order valence-corrected chi connectivity index (χ4v) is 3.37. The Hall–Kier alpha value is -2.89. The van der Waals surface area contributed by atoms with Crippen molar-refractivity contribution in [3.63, 3.8) is 0 Å². The molecule has 1 fully saturated rings. The van der Waals surface area contributed by atoms with Crippen LogP contribution in [-0.2, 0) is 22.4 Å². The van der Waals surface area contributed by atoms with Gasteiger partial charge in [0, 0.05) is 19.1 Å². The molecule has 2 amide bonds. The molecule has 0 unspecified atom stereocenters. The third kappa shape index (κ3) is 5.55. The van der Waals surface area contributed by atoms with Crippen LogP contribution in [0.4, 0.5) is 4.39 Å². The molecule has 2 aromatic carbocycles. The highest BCUT2D eigenvalue weighted by Crippen LogP contribution is 2.15. The molecule has 5 nitrogen and oxygen atoms in total. The number of likely N-dealkylation sites (tertiary alicyclic amines) is 1. The van der Waals surface area contributed by atoms with E-state index in [9.17, 15) is 14.0 Å². The van der Waals surface area contributed by atoms with Crippen molar-refractivity contribution in [2.45, 2.75) is 31.7 Å². The van der Waals surface area contributed by atoms with Crippen molar-refractivity contribution in [3.8, 4) is 5.75 Å². The van der Waals surface area contributed by atoms with Crippen LogP contribution in [0.15, 0.2) is 48.5 Å². The molecule has 1 heterocycles. The molecular formula is C22H25FN2O3. The molecule has 0 atom stereocenters. The van der Waals surface area contributed by atoms with Crippen LogP contribution in [-0.4, -0.2) is 43.0 Å². The predicted molar refractivity (Wildman–Crippen MR) is 105 cm³/mol. The molecule has 3 rings (SSSR count). The lowest BCUT2D eigenvalue weighted by Gasteiger charge is -2.32. The minimum atomic E-state index is -0.303. The molecule has 1 N–H and O–H groups in total. The molecule has 28 heavy (non-hydrogen) atoms. The van der Waals surface area contributed by atoms with E-state index in [0.717, 1.165) is 29.7 Å². The summed E-state index contributed by atoms with van der Waals surface area (Å²) in [6.45, 7) is 1.24. The molecule has 1 saturated heterocycles. The Morgan fingerprint density at radius 2 is 1.57 bits per heavy atom. The first-order chi connectivity index (χ1) is 13.5. The minimum Gasteiger partial charge on any atom is -0.497 e. The zero-order chi connectivity index (χ0) is 19.9. The number of ether oxygens (including phenoxy) is 1. The molecule has 0 bridgehead atoms. The summed E-state index contributed by atoms with van der Waals surface area (Å²) in [5.41, 5.74) is 1.74. The topological polar surface area (TPSA) is 58.6 Å². The second kappa shape index (κ2) is 9.35. The normalized spacial score (nSPS) is 14.6. The maximum absolute atomic E-state index is 13.0. The van der Waals surface area contributed by atoms with Gasteiger partial charge in [-0.25, -0.2) is 4.39 Å². The van der Waals surface area contributed by atoms with Gasteiger partial charge in [-0.2, -0.15) is 0 Å². The first-order valence-corrected chi connectivity index (χ1v) is 9.48. The third-order valence-corrected chi connectivity index (χ3v) is 5.01. The number of carbonyl (C=O) groups is 2. The van der Waals surface area contributed by atoms with Crippen molar-refractivity contribution in [3.05, 3.63) is 65.5 Å². The van der Waals surface area contributed by atoms with E-state index in [-0.39, 0.29) is 30.1 Å². The molecule has 1 aliphatic heterocycles. The van der Waals surface area contributed by atoms with Gasteiger partial charge >= 0.3 is 0 Å². The van der Waals surface area contributed by atoms with Crippen LogP contribution in [0.5, 0.6) is 5.75 Å². The van der Waals surface area contributed by atoms with Gasteiger partial charge in [-0.05, 0) is 48.2 Å². The average molecular weight is 384 g/mol. The van der Waals surface area contributed by atoms with E-state index < -0.39 is 0 Å². The first-order valence-electron chi connectivity index (χ1n) is 9.48. The highest BCUT2D eigenvalue weighted by molar-refractivity contribution is 5.80. The number of nitrogens with zero attached hydrogens (tertiary/aromatic N) is 1. The van der Waals surface area contributed by atoms with E-state index in [1.54, 1.807) is 19.2 Å². The zero-order valence-corrected chi connectivity index (χ0v) is 16.0. The molecule has 6 heteroatoms. The Morgan fingerprint density at radius 1 is 1.00 bits per heavy atom. The highest BCUT2D eigenvalue weighted by Gasteiger charge is 2.23. The fourth-order valence-electron chi connectivity index (χ4n) is 3.37. The maximum atomic E-state index is 13.0. The van der Waals surface area contributed by atoms with Crippen LogP contribution in [0.25, 0.3) is 0 Å². The number of benzene rings is 2. The highest BCUT2D eigenvalue weighted by atomic mass is 19.1. The van der Waals surface area contributed by atoms with E-state index in [0.29, 0.717) is 19.5 Å². The SMILES string of the molecule is COc1ccc(CC(=O)NC2CCN(C(=O)Cc3ccc(F)cc3)CC2)cc1. The van der Waals surface area contributed by atoms with Gasteiger partial charge in [0.15, 0.2) is 0 Å². The van der Waals surface area contributed by atoms with Gasteiger partial charge in [0.2, 0.25) is 11.8 Å². The molecule has 2 aromatic rings. The van der Waals surface area contributed by atoms with Crippen LogP contribution >= 0.6 is 0 Å². The smallest absolute Gasteiger partial charge is 0.226 e. The van der Waals surface area contributed by atoms with Crippen LogP contribution in [0, 0.1) is 5.82 Å². The Balaban J connectivity index is 1.42. The van der Waals surface area contributed by atoms with E-state index in [2.05, 4.69) is 5.32 Å². The minimum absolute atomic E-state index is 0.0127. The summed E-state index contributed by atoms with van der Waals surface area (Å²) in [6, 6.07) is 13.5. The molecule has 148 valence electrons. The van der Waals surface area contributed by atoms with Crippen molar-refractivity contribution in [2.75, 3.05) is 20.2 Å². The quantitative estimate of drug-likeness (QED) is 0.833. The summed E-state index contributed by atoms with van der Waals surface area (Å²) in [6.07, 6.45) is 2.08. The zero-order valence-electron chi connectivity index (χ0n) is 16.0. The summed E-state index contributed by atoms with van der Waals surface area (Å²) < 4.78 is 18.1. The lowest BCUT2D eigenvalue weighted by molar-refractivity contribution is -0.131. The van der Waals surface area contributed by atoms with Crippen LogP contribution in [0.3, 0.4) is 0 Å². The summed E-state index contributed by atoms with van der Waals surface area (Å²) in [4.78, 5) is 26.5. The van der Waals surface area contributed by atoms with E-state index >= 15 is 0 Å². The molecule has 0 saturated carbocycles. The molecule has 0 spiro atoms. The number of hydrogen-bond donors (Lipinski definition) is 1. The van der Waals surface area contributed by atoms with Crippen molar-refractivity contribution < 1.29 is 18.7 Å². The standard InChI is InChI=1S/C22H25FN2O3/c1-28-20-8-4-16(5-9-20)14-21(26)24-19-10-12-25(13-11-19)22(27)15-17-2-6-18(23)7-3-17/h2-9,19H,10-15H2,1H3,(H,24,26). The van der Waals surface area contributed by atoms with Gasteiger partial charge < -0.3 is 15.0 Å². The number of nitrogens with one attached hydrogen (secondary N) is 1. The Kier molecular flexibility index (Phi) is 6.63. The summed E-state index contributed by atoms with van der Waals surface area (Å²) in [7, 11) is 1.61. The molecule has 0 radical (unpaired) electrons. The molecule has 0 aromatic heterocycles. The average Bonchev–Trinajstić information content (AvgIpc) is 2.71. The first kappa shape index (κ1) is 19.9. The van der Waals surface area contributed by atoms with E-state index in [1.165, 1.54) is 12.1 Å². The summed E-state index contributed by atoms with van der Waals surface area (Å²) >= 11 is 0. The monoisotopic (exact) mass is 384 g/mol. The van der Waals surface area contributed by atoms with Gasteiger partial charge in [-0.15, -0.1) is 0 Å². The van der Waals surface area contributed by atoms with Gasteiger partial charge in [-0.3, -0.25) is 9.59 Å². The van der Waals surface area contributed by atoms with Gasteiger partial charge in [0.05, 0.1) is 20.0 Å². The molecule has 1 aliphatic rings. The van der Waals surface area contributed by atoms with E-state index in [4.69, 9.17) is 4.74 Å². The van der Waals surface area contributed by atoms with E-state index in [1.807, 2.05) is 29.2 Å². The number of methoxy groups -OCH3 is 1. The Labute approximate surface area is 164 Å². The second-order valence-corrected chi connectivity index (χ2v) is 7.05. The van der Waals surface area contributed by atoms with Crippen molar-refractivity contribution in [2.24, 2.45) is 0 Å². The summed E-state index contributed by atoms with van der Waals surface area (Å²) in [5, 5.41) is 3.06. The van der Waals surface area contributed by atoms with Crippen LogP contribution in [0.2, 0.25) is 0 Å². The van der Waals surface area contributed by atoms with Crippen molar-refractivity contribution >= 4 is 11.8 Å². The number of amides is 2. The summed E-state index contributed by atoms with van der Waals surface area (Å²) in [5.74, 6) is 0.486. The fraction of sp³-hybridized carbons (Fsp3) is 0.364. The third-order valence-electron chi connectivity index (χ3n) is 5.01. The predicted octanol–water partition coefficient (Wildman–Crippen LogP) is 2.73. The van der Waals surface area contributed by atoms with Gasteiger partial charge in [0.25, 0.3) is 0 Å². The number of rotatable bonds is 6. The Bertz CT molecular complexity index is 798. The van der Waals surface area contributed by atoms with Crippen LogP contribution < -0.4 is 10.1 Å². The Morgan fingerprint density at radius 3 is 2.18 bits per heavy atom. The number of carbonyl (C=O) groups excluding carboxylic acids is 2. The lowest BCUT2D eigenvalue weighted by Crippen LogP contribution is -2.47. The molecular weight excluding hydrogens is 359 g/mol. The number of hydrogen-bond acceptors (Lipinski definition) is 3.